The van der Waals surface area contributed by atoms with E-state index in [9.17, 15) is 14.9 Å². The number of carbonyl (C=O) groups is 2. The lowest BCUT2D eigenvalue weighted by molar-refractivity contribution is 0.0904. The number of methoxy groups -OCH3 is 1. The van der Waals surface area contributed by atoms with Crippen molar-refractivity contribution in [3.05, 3.63) is 82.5 Å². The second kappa shape index (κ2) is 10.5. The zero-order valence-corrected chi connectivity index (χ0v) is 18.3. The van der Waals surface area contributed by atoms with Gasteiger partial charge in [0.05, 0.1) is 34.5 Å². The predicted octanol–water partition coefficient (Wildman–Crippen LogP) is 4.29. The van der Waals surface area contributed by atoms with Crippen LogP contribution < -0.4 is 10.6 Å². The van der Waals surface area contributed by atoms with Gasteiger partial charge in [-0.25, -0.2) is 0 Å². The number of ether oxygens (including phenoxy) is 1. The van der Waals surface area contributed by atoms with Gasteiger partial charge in [-0.2, -0.15) is 5.26 Å². The van der Waals surface area contributed by atoms with E-state index in [1.54, 1.807) is 44.5 Å². The number of anilines is 1. The molecule has 0 saturated carbocycles. The second-order valence-corrected chi connectivity index (χ2v) is 7.47. The van der Waals surface area contributed by atoms with Crippen molar-refractivity contribution in [3.8, 4) is 17.3 Å². The van der Waals surface area contributed by atoms with Gasteiger partial charge >= 0.3 is 0 Å². The van der Waals surface area contributed by atoms with E-state index in [2.05, 4.69) is 15.6 Å². The molecule has 0 aliphatic rings. The molecule has 3 aromatic rings. The summed E-state index contributed by atoms with van der Waals surface area (Å²) in [5.41, 5.74) is 2.37. The van der Waals surface area contributed by atoms with E-state index in [-0.39, 0.29) is 28.6 Å². The predicted molar refractivity (Wildman–Crippen MR) is 123 cm³/mol. The van der Waals surface area contributed by atoms with E-state index in [0.717, 1.165) is 0 Å². The zero-order valence-electron chi connectivity index (χ0n) is 17.6. The fourth-order valence-electron chi connectivity index (χ4n) is 3.09. The largest absolute Gasteiger partial charge is 0.383 e. The van der Waals surface area contributed by atoms with Crippen LogP contribution in [0.5, 0.6) is 0 Å². The van der Waals surface area contributed by atoms with Crippen molar-refractivity contribution in [2.45, 2.75) is 13.0 Å². The number of benzene rings is 2. The Kier molecular flexibility index (Phi) is 7.55. The lowest BCUT2D eigenvalue weighted by Crippen LogP contribution is -2.35. The number of amides is 2. The van der Waals surface area contributed by atoms with E-state index < -0.39 is 5.91 Å². The summed E-state index contributed by atoms with van der Waals surface area (Å²) in [5.74, 6) is -0.828. The number of hydrogen-bond acceptors (Lipinski definition) is 5. The van der Waals surface area contributed by atoms with Crippen LogP contribution in [0.15, 0.2) is 60.8 Å². The van der Waals surface area contributed by atoms with Gasteiger partial charge in [-0.3, -0.25) is 14.6 Å². The summed E-state index contributed by atoms with van der Waals surface area (Å²) in [4.78, 5) is 29.5. The van der Waals surface area contributed by atoms with Gasteiger partial charge in [0.1, 0.15) is 0 Å². The Morgan fingerprint density at radius 3 is 2.66 bits per heavy atom. The first kappa shape index (κ1) is 22.9. The van der Waals surface area contributed by atoms with Crippen molar-refractivity contribution >= 4 is 29.1 Å². The fourth-order valence-corrected chi connectivity index (χ4v) is 3.31. The highest BCUT2D eigenvalue weighted by Crippen LogP contribution is 2.29. The highest BCUT2D eigenvalue weighted by molar-refractivity contribution is 6.33. The topological polar surface area (TPSA) is 104 Å². The molecule has 32 heavy (non-hydrogen) atoms. The molecule has 3 rings (SSSR count). The number of rotatable bonds is 7. The van der Waals surface area contributed by atoms with Gasteiger partial charge in [-0.1, -0.05) is 17.7 Å². The minimum Gasteiger partial charge on any atom is -0.383 e. The van der Waals surface area contributed by atoms with E-state index >= 15 is 0 Å². The third-order valence-electron chi connectivity index (χ3n) is 4.61. The Balaban J connectivity index is 1.81. The molecule has 1 aromatic heterocycles. The molecule has 0 fully saturated rings. The van der Waals surface area contributed by atoms with Gasteiger partial charge < -0.3 is 15.4 Å². The van der Waals surface area contributed by atoms with Crippen LogP contribution in [-0.4, -0.2) is 36.6 Å². The number of hydrogen-bond donors (Lipinski definition) is 2. The number of aromatic nitrogens is 1. The first-order valence-electron chi connectivity index (χ1n) is 9.79. The van der Waals surface area contributed by atoms with Gasteiger partial charge in [0, 0.05) is 36.2 Å². The summed E-state index contributed by atoms with van der Waals surface area (Å²) in [6.45, 7) is 2.17. The molecule has 0 spiro atoms. The molecule has 0 aliphatic heterocycles. The molecule has 0 radical (unpaired) electrons. The molecule has 8 heteroatoms. The SMILES string of the molecule is COC[C@H](C)NC(=O)c1ccc(C(=O)Nc2ccc(Cl)c(-c3ccccn3)c2)c(C#N)c1. The third kappa shape index (κ3) is 5.49. The molecule has 2 aromatic carbocycles. The minimum absolute atomic E-state index is 0.0912. The van der Waals surface area contributed by atoms with Gasteiger partial charge in [0.25, 0.3) is 11.8 Å². The quantitative estimate of drug-likeness (QED) is 0.561. The van der Waals surface area contributed by atoms with Gasteiger partial charge in [-0.15, -0.1) is 0 Å². The zero-order chi connectivity index (χ0) is 23.1. The summed E-state index contributed by atoms with van der Waals surface area (Å²) < 4.78 is 5.00. The molecular weight excluding hydrogens is 428 g/mol. The third-order valence-corrected chi connectivity index (χ3v) is 4.94. The number of halogens is 1. The molecule has 2 amide bonds. The molecule has 0 saturated heterocycles. The van der Waals surface area contributed by atoms with Crippen LogP contribution in [0.4, 0.5) is 5.69 Å². The molecule has 0 bridgehead atoms. The van der Waals surface area contributed by atoms with E-state index in [4.69, 9.17) is 16.3 Å². The van der Waals surface area contributed by atoms with Crippen LogP contribution in [-0.2, 0) is 4.74 Å². The van der Waals surface area contributed by atoms with Gasteiger partial charge in [0.15, 0.2) is 0 Å². The van der Waals surface area contributed by atoms with Gasteiger partial charge in [0.2, 0.25) is 0 Å². The first-order valence-corrected chi connectivity index (χ1v) is 10.2. The smallest absolute Gasteiger partial charge is 0.257 e. The van der Waals surface area contributed by atoms with Crippen molar-refractivity contribution in [3.63, 3.8) is 0 Å². The molecule has 1 atom stereocenters. The Morgan fingerprint density at radius 1 is 1.16 bits per heavy atom. The van der Waals surface area contributed by atoms with Crippen LogP contribution in [0.25, 0.3) is 11.3 Å². The van der Waals surface area contributed by atoms with Crippen LogP contribution >= 0.6 is 11.6 Å². The van der Waals surface area contributed by atoms with Crippen molar-refractivity contribution in [1.82, 2.24) is 10.3 Å². The highest BCUT2D eigenvalue weighted by atomic mass is 35.5. The summed E-state index contributed by atoms with van der Waals surface area (Å²) in [6, 6.07) is 16.7. The standard InChI is InChI=1S/C24H21ClN4O3/c1-15(14-32-2)28-23(30)16-6-8-19(17(11-16)13-26)24(31)29-18-7-9-21(25)20(12-18)22-5-3-4-10-27-22/h3-12,15H,14H2,1-2H3,(H,28,30)(H,29,31)/t15-/m0/s1. The van der Waals surface area contributed by atoms with E-state index in [1.807, 2.05) is 18.2 Å². The highest BCUT2D eigenvalue weighted by Gasteiger charge is 2.17. The van der Waals surface area contributed by atoms with E-state index in [1.165, 1.54) is 18.2 Å². The summed E-state index contributed by atoms with van der Waals surface area (Å²) in [6.07, 6.45) is 1.66. The Bertz CT molecular complexity index is 1180. The molecule has 1 heterocycles. The van der Waals surface area contributed by atoms with Crippen LogP contribution in [0.1, 0.15) is 33.2 Å². The maximum atomic E-state index is 12.8. The molecule has 7 nitrogen and oxygen atoms in total. The minimum atomic E-state index is -0.476. The monoisotopic (exact) mass is 448 g/mol. The molecule has 162 valence electrons. The average Bonchev–Trinajstić information content (AvgIpc) is 2.80. The number of carbonyl (C=O) groups excluding carboxylic acids is 2. The first-order chi connectivity index (χ1) is 15.4. The lowest BCUT2D eigenvalue weighted by atomic mass is 10.0. The van der Waals surface area contributed by atoms with Crippen molar-refractivity contribution in [2.75, 3.05) is 19.0 Å². The number of nitriles is 1. The Labute approximate surface area is 191 Å². The number of nitrogens with zero attached hydrogens (tertiary/aromatic N) is 2. The number of pyridine rings is 1. The fraction of sp³-hybridized carbons (Fsp3) is 0.167. The Hall–Kier alpha value is -3.73. The molecule has 0 aliphatic carbocycles. The molecular formula is C24H21ClN4O3. The van der Waals surface area contributed by atoms with Crippen LogP contribution in [0.2, 0.25) is 5.02 Å². The molecule has 0 unspecified atom stereocenters. The summed E-state index contributed by atoms with van der Waals surface area (Å²) in [5, 5.41) is 15.6. The van der Waals surface area contributed by atoms with Gasteiger partial charge in [-0.05, 0) is 55.5 Å². The normalized spacial score (nSPS) is 11.3. The summed E-state index contributed by atoms with van der Waals surface area (Å²) >= 11 is 6.29. The van der Waals surface area contributed by atoms with Crippen molar-refractivity contribution < 1.29 is 14.3 Å². The van der Waals surface area contributed by atoms with Crippen molar-refractivity contribution in [1.29, 1.82) is 5.26 Å². The second-order valence-electron chi connectivity index (χ2n) is 7.07. The Morgan fingerprint density at radius 2 is 1.97 bits per heavy atom. The maximum absolute atomic E-state index is 12.8. The van der Waals surface area contributed by atoms with Crippen LogP contribution in [0.3, 0.4) is 0 Å². The van der Waals surface area contributed by atoms with Crippen LogP contribution in [0, 0.1) is 11.3 Å². The lowest BCUT2D eigenvalue weighted by Gasteiger charge is -2.13. The van der Waals surface area contributed by atoms with E-state index in [0.29, 0.717) is 28.6 Å². The maximum Gasteiger partial charge on any atom is 0.257 e. The summed E-state index contributed by atoms with van der Waals surface area (Å²) in [7, 11) is 1.55. The van der Waals surface area contributed by atoms with Crippen molar-refractivity contribution in [2.24, 2.45) is 0 Å². The average molecular weight is 449 g/mol. The number of nitrogens with one attached hydrogen (secondary N) is 2. The molecule has 2 N–H and O–H groups in total.